The van der Waals surface area contributed by atoms with Crippen molar-refractivity contribution < 1.29 is 4.79 Å². The topological polar surface area (TPSA) is 72.2 Å². The number of nitrogens with one attached hydrogen (secondary N) is 1. The molecule has 6 nitrogen and oxygen atoms in total. The standard InChI is InChI=1S/C13H9Cl2N5OS2/c14-11-12(15)20(7-16-11)5-10-18-9(6-23-10)13(21)19-17-4-8-2-1-3-22-8/h1-4,6-7H,5H2,(H,19,21). The molecule has 0 bridgehead atoms. The second-order valence-corrected chi connectivity index (χ2v) is 6.93. The van der Waals surface area contributed by atoms with Crippen molar-refractivity contribution >= 4 is 58.0 Å². The number of halogens is 2. The van der Waals surface area contributed by atoms with Crippen LogP contribution in [0.15, 0.2) is 34.3 Å². The van der Waals surface area contributed by atoms with Gasteiger partial charge >= 0.3 is 0 Å². The fraction of sp³-hybridized carbons (Fsp3) is 0.0769. The average molecular weight is 386 g/mol. The smallest absolute Gasteiger partial charge is 0.290 e. The number of nitrogens with zero attached hydrogens (tertiary/aromatic N) is 4. The number of imidazole rings is 1. The van der Waals surface area contributed by atoms with E-state index in [9.17, 15) is 4.79 Å². The van der Waals surface area contributed by atoms with E-state index >= 15 is 0 Å². The Bertz CT molecular complexity index is 841. The van der Waals surface area contributed by atoms with Gasteiger partial charge in [-0.1, -0.05) is 29.3 Å². The van der Waals surface area contributed by atoms with Gasteiger partial charge in [-0.15, -0.1) is 22.7 Å². The molecule has 1 N–H and O–H groups in total. The summed E-state index contributed by atoms with van der Waals surface area (Å²) in [7, 11) is 0. The summed E-state index contributed by atoms with van der Waals surface area (Å²) in [5, 5.41) is 8.79. The Kier molecular flexibility index (Phi) is 5.06. The minimum atomic E-state index is -0.366. The Hall–Kier alpha value is -1.74. The SMILES string of the molecule is O=C(NN=Cc1cccs1)c1csc(Cn2cnc(Cl)c2Cl)n1. The summed E-state index contributed by atoms with van der Waals surface area (Å²) < 4.78 is 1.65. The van der Waals surface area contributed by atoms with E-state index in [1.807, 2.05) is 17.5 Å². The summed E-state index contributed by atoms with van der Waals surface area (Å²) in [6, 6.07) is 3.81. The first-order valence-electron chi connectivity index (χ1n) is 6.31. The van der Waals surface area contributed by atoms with Crippen molar-refractivity contribution in [1.82, 2.24) is 20.0 Å². The molecule has 0 saturated heterocycles. The van der Waals surface area contributed by atoms with Gasteiger partial charge in [-0.05, 0) is 11.4 Å². The van der Waals surface area contributed by atoms with Crippen LogP contribution in [-0.4, -0.2) is 26.7 Å². The maximum atomic E-state index is 12.0. The molecular formula is C13H9Cl2N5OS2. The van der Waals surface area contributed by atoms with Crippen molar-refractivity contribution in [2.75, 3.05) is 0 Å². The van der Waals surface area contributed by atoms with Gasteiger partial charge in [0, 0.05) is 10.3 Å². The molecule has 0 aliphatic heterocycles. The molecule has 0 aliphatic carbocycles. The highest BCUT2D eigenvalue weighted by Gasteiger charge is 2.12. The van der Waals surface area contributed by atoms with E-state index in [1.165, 1.54) is 29.0 Å². The lowest BCUT2D eigenvalue weighted by molar-refractivity contribution is 0.0950. The Morgan fingerprint density at radius 2 is 2.30 bits per heavy atom. The first-order chi connectivity index (χ1) is 11.1. The van der Waals surface area contributed by atoms with Crippen LogP contribution >= 0.6 is 45.9 Å². The van der Waals surface area contributed by atoms with Crippen LogP contribution in [0.5, 0.6) is 0 Å². The average Bonchev–Trinajstić information content (AvgIpc) is 3.26. The fourth-order valence-electron chi connectivity index (χ4n) is 1.66. The molecular weight excluding hydrogens is 377 g/mol. The number of thiophene rings is 1. The molecule has 0 saturated carbocycles. The van der Waals surface area contributed by atoms with Crippen LogP contribution < -0.4 is 5.43 Å². The fourth-order valence-corrected chi connectivity index (χ4v) is 3.32. The number of hydrogen-bond acceptors (Lipinski definition) is 6. The molecule has 3 heterocycles. The zero-order chi connectivity index (χ0) is 16.2. The quantitative estimate of drug-likeness (QED) is 0.539. The van der Waals surface area contributed by atoms with E-state index in [0.29, 0.717) is 22.4 Å². The maximum Gasteiger partial charge on any atom is 0.290 e. The summed E-state index contributed by atoms with van der Waals surface area (Å²) in [5.41, 5.74) is 2.75. The minimum Gasteiger partial charge on any atom is -0.313 e. The number of thiazole rings is 1. The van der Waals surface area contributed by atoms with Crippen molar-refractivity contribution in [1.29, 1.82) is 0 Å². The predicted octanol–water partition coefficient (Wildman–Crippen LogP) is 3.52. The van der Waals surface area contributed by atoms with Crippen LogP contribution in [0.3, 0.4) is 0 Å². The molecule has 0 fully saturated rings. The Morgan fingerprint density at radius 1 is 1.43 bits per heavy atom. The van der Waals surface area contributed by atoms with E-state index in [-0.39, 0.29) is 11.1 Å². The molecule has 3 aromatic rings. The highest BCUT2D eigenvalue weighted by atomic mass is 35.5. The lowest BCUT2D eigenvalue weighted by atomic mass is 10.5. The third kappa shape index (κ3) is 3.97. The molecule has 0 radical (unpaired) electrons. The highest BCUT2D eigenvalue weighted by Crippen LogP contribution is 2.21. The van der Waals surface area contributed by atoms with Crippen molar-refractivity contribution in [3.05, 3.63) is 55.1 Å². The number of hydrogen-bond donors (Lipinski definition) is 1. The van der Waals surface area contributed by atoms with Gasteiger partial charge in [0.15, 0.2) is 5.15 Å². The number of rotatable bonds is 5. The first kappa shape index (κ1) is 16.1. The van der Waals surface area contributed by atoms with Gasteiger partial charge in [0.25, 0.3) is 5.91 Å². The second kappa shape index (κ2) is 7.22. The molecule has 0 unspecified atom stereocenters. The number of amides is 1. The maximum absolute atomic E-state index is 12.0. The molecule has 23 heavy (non-hydrogen) atoms. The Balaban J connectivity index is 1.62. The van der Waals surface area contributed by atoms with E-state index in [4.69, 9.17) is 23.2 Å². The zero-order valence-electron chi connectivity index (χ0n) is 11.4. The molecule has 3 aromatic heterocycles. The van der Waals surface area contributed by atoms with Gasteiger partial charge in [0.2, 0.25) is 0 Å². The molecule has 0 aliphatic rings. The van der Waals surface area contributed by atoms with Gasteiger partial charge in [-0.25, -0.2) is 15.4 Å². The van der Waals surface area contributed by atoms with E-state index in [1.54, 1.807) is 16.2 Å². The molecule has 0 aromatic carbocycles. The predicted molar refractivity (Wildman–Crippen MR) is 92.8 cm³/mol. The van der Waals surface area contributed by atoms with Crippen LogP contribution in [-0.2, 0) is 6.54 Å². The lowest BCUT2D eigenvalue weighted by Crippen LogP contribution is -2.18. The van der Waals surface area contributed by atoms with E-state index in [2.05, 4.69) is 20.5 Å². The molecule has 1 amide bonds. The Labute approximate surface area is 149 Å². The normalized spacial score (nSPS) is 11.2. The number of carbonyl (C=O) groups excluding carboxylic acids is 1. The van der Waals surface area contributed by atoms with Gasteiger partial charge in [0.1, 0.15) is 15.9 Å². The summed E-state index contributed by atoms with van der Waals surface area (Å²) in [6.07, 6.45) is 3.11. The third-order valence-corrected chi connectivity index (χ3v) is 5.13. The molecule has 118 valence electrons. The van der Waals surface area contributed by atoms with Crippen LogP contribution in [0.1, 0.15) is 20.4 Å². The molecule has 0 spiro atoms. The van der Waals surface area contributed by atoms with Gasteiger partial charge in [-0.2, -0.15) is 5.10 Å². The molecule has 3 rings (SSSR count). The highest BCUT2D eigenvalue weighted by molar-refractivity contribution is 7.11. The first-order valence-corrected chi connectivity index (χ1v) is 8.82. The van der Waals surface area contributed by atoms with Crippen molar-refractivity contribution in [3.63, 3.8) is 0 Å². The molecule has 0 atom stereocenters. The van der Waals surface area contributed by atoms with Gasteiger partial charge in [-0.3, -0.25) is 4.79 Å². The summed E-state index contributed by atoms with van der Waals surface area (Å²) in [5.74, 6) is -0.366. The van der Waals surface area contributed by atoms with Crippen molar-refractivity contribution in [2.24, 2.45) is 5.10 Å². The van der Waals surface area contributed by atoms with Crippen molar-refractivity contribution in [3.8, 4) is 0 Å². The third-order valence-electron chi connectivity index (χ3n) is 2.72. The zero-order valence-corrected chi connectivity index (χ0v) is 14.6. The monoisotopic (exact) mass is 385 g/mol. The molecule has 10 heteroatoms. The summed E-state index contributed by atoms with van der Waals surface area (Å²) in [4.78, 5) is 21.1. The lowest BCUT2D eigenvalue weighted by Gasteiger charge is -1.99. The van der Waals surface area contributed by atoms with Gasteiger partial charge < -0.3 is 4.57 Å². The van der Waals surface area contributed by atoms with E-state index < -0.39 is 0 Å². The summed E-state index contributed by atoms with van der Waals surface area (Å²) >= 11 is 14.7. The number of carbonyl (C=O) groups is 1. The van der Waals surface area contributed by atoms with Crippen LogP contribution in [0.2, 0.25) is 10.3 Å². The Morgan fingerprint density at radius 3 is 3.00 bits per heavy atom. The minimum absolute atomic E-state index is 0.240. The number of hydrazone groups is 1. The summed E-state index contributed by atoms with van der Waals surface area (Å²) in [6.45, 7) is 0.398. The van der Waals surface area contributed by atoms with Crippen LogP contribution in [0.4, 0.5) is 0 Å². The van der Waals surface area contributed by atoms with E-state index in [0.717, 1.165) is 4.88 Å². The second-order valence-electron chi connectivity index (χ2n) is 4.30. The number of aromatic nitrogens is 3. The van der Waals surface area contributed by atoms with Crippen molar-refractivity contribution in [2.45, 2.75) is 6.54 Å². The van der Waals surface area contributed by atoms with Crippen LogP contribution in [0.25, 0.3) is 0 Å². The van der Waals surface area contributed by atoms with Crippen LogP contribution in [0, 0.1) is 0 Å². The largest absolute Gasteiger partial charge is 0.313 e. The van der Waals surface area contributed by atoms with Gasteiger partial charge in [0.05, 0.1) is 19.1 Å².